The van der Waals surface area contributed by atoms with E-state index >= 15 is 0 Å². The molecule has 3 aromatic heterocycles. The second kappa shape index (κ2) is 8.98. The molecule has 2 fully saturated rings. The molecule has 1 amide bonds. The lowest BCUT2D eigenvalue weighted by Crippen LogP contribution is -2.57. The van der Waals surface area contributed by atoms with Crippen LogP contribution in [0.25, 0.3) is 16.7 Å². The number of aromatic nitrogens is 4. The molecule has 3 aromatic rings. The van der Waals surface area contributed by atoms with Crippen LogP contribution in [0.2, 0.25) is 10.2 Å². The number of amides is 1. The first kappa shape index (κ1) is 25.2. The van der Waals surface area contributed by atoms with E-state index in [2.05, 4.69) is 15.0 Å². The smallest absolute Gasteiger partial charge is 0.410 e. The quantitative estimate of drug-likeness (QED) is 0.424. The number of aryl methyl sites for hydroxylation is 1. The third kappa shape index (κ3) is 4.23. The molecule has 10 nitrogen and oxygen atoms in total. The minimum Gasteiger partial charge on any atom is -0.489 e. The van der Waals surface area contributed by atoms with Gasteiger partial charge in [-0.15, -0.1) is 0 Å². The summed E-state index contributed by atoms with van der Waals surface area (Å²) < 4.78 is 13.3. The highest BCUT2D eigenvalue weighted by atomic mass is 35.5. The van der Waals surface area contributed by atoms with E-state index in [0.717, 1.165) is 24.1 Å². The van der Waals surface area contributed by atoms with Gasteiger partial charge in [-0.3, -0.25) is 4.98 Å². The maximum atomic E-state index is 13.8. The average molecular weight is 559 g/mol. The zero-order valence-electron chi connectivity index (χ0n) is 21.6. The number of pyridine rings is 2. The van der Waals surface area contributed by atoms with Crippen LogP contribution in [0.15, 0.2) is 17.1 Å². The Hall–Kier alpha value is -3.11. The molecule has 0 bridgehead atoms. The van der Waals surface area contributed by atoms with Gasteiger partial charge >= 0.3 is 11.8 Å². The van der Waals surface area contributed by atoms with Gasteiger partial charge in [0.15, 0.2) is 16.5 Å². The van der Waals surface area contributed by atoms with Gasteiger partial charge in [-0.2, -0.15) is 4.98 Å². The van der Waals surface area contributed by atoms with Crippen molar-refractivity contribution in [2.24, 2.45) is 0 Å². The van der Waals surface area contributed by atoms with Crippen LogP contribution in [0.4, 0.5) is 10.6 Å². The Bertz CT molecular complexity index is 1530. The molecule has 2 aliphatic heterocycles. The normalized spacial score (nSPS) is 19.2. The van der Waals surface area contributed by atoms with Crippen molar-refractivity contribution in [1.82, 2.24) is 24.4 Å². The Morgan fingerprint density at radius 2 is 1.95 bits per heavy atom. The number of nitrogens with zero attached hydrogens (tertiary/aromatic N) is 6. The summed E-state index contributed by atoms with van der Waals surface area (Å²) in [5.41, 5.74) is 1.62. The monoisotopic (exact) mass is 558 g/mol. The Balaban J connectivity index is 1.51. The zero-order chi connectivity index (χ0) is 26.9. The minimum atomic E-state index is -0.609. The summed E-state index contributed by atoms with van der Waals surface area (Å²) in [6.45, 7) is 8.81. The molecule has 5 heterocycles. The van der Waals surface area contributed by atoms with Crippen LogP contribution in [0.1, 0.15) is 50.8 Å². The topological polar surface area (TPSA) is 103 Å². The number of hydrogen-bond acceptors (Lipinski definition) is 8. The molecule has 1 saturated heterocycles. The largest absolute Gasteiger partial charge is 0.489 e. The van der Waals surface area contributed by atoms with Crippen molar-refractivity contribution in [1.29, 1.82) is 0 Å². The number of fused-ring (bicyclic) bond motifs is 2. The van der Waals surface area contributed by atoms with Crippen molar-refractivity contribution in [2.75, 3.05) is 31.1 Å². The molecule has 0 unspecified atom stereocenters. The van der Waals surface area contributed by atoms with Gasteiger partial charge in [0.1, 0.15) is 28.4 Å². The highest BCUT2D eigenvalue weighted by molar-refractivity contribution is 6.43. The first-order valence-corrected chi connectivity index (χ1v) is 13.4. The SMILES string of the molecule is Cc1ccnc(C2CC2)c1-n1c(=O)nc2c3c(c(Cl)c(Cl)nc31)OC[C@H]1CN(C(=O)OC(C)(C)C)CCN21. The lowest BCUT2D eigenvalue weighted by molar-refractivity contribution is 0.0202. The molecule has 3 aliphatic rings. The Morgan fingerprint density at radius 3 is 2.66 bits per heavy atom. The highest BCUT2D eigenvalue weighted by Gasteiger charge is 2.39. The fourth-order valence-electron chi connectivity index (χ4n) is 5.16. The summed E-state index contributed by atoms with van der Waals surface area (Å²) in [7, 11) is 0. The van der Waals surface area contributed by atoms with E-state index in [9.17, 15) is 9.59 Å². The number of carbonyl (C=O) groups excluding carboxylic acids is 1. The molecule has 0 spiro atoms. The average Bonchev–Trinajstić information content (AvgIpc) is 3.69. The van der Waals surface area contributed by atoms with Crippen molar-refractivity contribution in [3.63, 3.8) is 0 Å². The van der Waals surface area contributed by atoms with Gasteiger partial charge in [0.05, 0.1) is 17.4 Å². The van der Waals surface area contributed by atoms with Gasteiger partial charge in [-0.1, -0.05) is 23.2 Å². The summed E-state index contributed by atoms with van der Waals surface area (Å²) in [5, 5.41) is 0.697. The van der Waals surface area contributed by atoms with Gasteiger partial charge in [0.25, 0.3) is 0 Å². The maximum Gasteiger partial charge on any atom is 0.410 e. The van der Waals surface area contributed by atoms with Crippen molar-refractivity contribution >= 4 is 46.1 Å². The van der Waals surface area contributed by atoms with Gasteiger partial charge in [-0.25, -0.2) is 19.1 Å². The van der Waals surface area contributed by atoms with Crippen LogP contribution < -0.4 is 15.3 Å². The Labute approximate surface area is 229 Å². The van der Waals surface area contributed by atoms with Crippen LogP contribution in [0, 0.1) is 6.92 Å². The molecular formula is C26H28Cl2N6O4. The predicted octanol–water partition coefficient (Wildman–Crippen LogP) is 4.49. The van der Waals surface area contributed by atoms with E-state index in [1.54, 1.807) is 11.1 Å². The summed E-state index contributed by atoms with van der Waals surface area (Å²) in [6.07, 6.45) is 3.39. The summed E-state index contributed by atoms with van der Waals surface area (Å²) in [4.78, 5) is 43.9. The number of piperazine rings is 1. The van der Waals surface area contributed by atoms with Crippen LogP contribution >= 0.6 is 23.2 Å². The van der Waals surface area contributed by atoms with Gasteiger partial charge in [0.2, 0.25) is 0 Å². The molecule has 0 radical (unpaired) electrons. The number of hydrogen-bond donors (Lipinski definition) is 0. The van der Waals surface area contributed by atoms with Crippen molar-refractivity contribution in [3.05, 3.63) is 44.2 Å². The lowest BCUT2D eigenvalue weighted by atomic mass is 10.1. The predicted molar refractivity (Wildman–Crippen MR) is 144 cm³/mol. The maximum absolute atomic E-state index is 13.8. The molecule has 0 aromatic carbocycles. The molecule has 0 N–H and O–H groups in total. The van der Waals surface area contributed by atoms with Crippen molar-refractivity contribution in [3.8, 4) is 11.4 Å². The third-order valence-electron chi connectivity index (χ3n) is 7.03. The number of halogens is 2. The molecule has 200 valence electrons. The van der Waals surface area contributed by atoms with Crippen molar-refractivity contribution < 1.29 is 14.3 Å². The van der Waals surface area contributed by atoms with E-state index in [-0.39, 0.29) is 28.7 Å². The summed E-state index contributed by atoms with van der Waals surface area (Å²) >= 11 is 13.1. The van der Waals surface area contributed by atoms with E-state index < -0.39 is 17.4 Å². The van der Waals surface area contributed by atoms with E-state index in [1.165, 1.54) is 4.57 Å². The van der Waals surface area contributed by atoms with Gasteiger partial charge in [-0.05, 0) is 52.2 Å². The molecule has 6 rings (SSSR count). The molecule has 12 heteroatoms. The first-order valence-electron chi connectivity index (χ1n) is 12.7. The van der Waals surface area contributed by atoms with E-state index in [1.807, 2.05) is 38.7 Å². The Kier molecular flexibility index (Phi) is 5.95. The second-order valence-electron chi connectivity index (χ2n) is 11.0. The molecule has 1 atom stereocenters. The van der Waals surface area contributed by atoms with E-state index in [0.29, 0.717) is 47.9 Å². The fourth-order valence-corrected chi connectivity index (χ4v) is 5.52. The highest BCUT2D eigenvalue weighted by Crippen LogP contribution is 2.46. The lowest BCUT2D eigenvalue weighted by Gasteiger charge is -2.41. The summed E-state index contributed by atoms with van der Waals surface area (Å²) in [5.74, 6) is 1.03. The minimum absolute atomic E-state index is 0.0317. The molecular weight excluding hydrogens is 531 g/mol. The number of carbonyl (C=O) groups is 1. The number of rotatable bonds is 2. The van der Waals surface area contributed by atoms with Crippen LogP contribution in [0.5, 0.6) is 5.75 Å². The number of anilines is 1. The zero-order valence-corrected chi connectivity index (χ0v) is 23.1. The Morgan fingerprint density at radius 1 is 1.18 bits per heavy atom. The molecule has 38 heavy (non-hydrogen) atoms. The van der Waals surface area contributed by atoms with Crippen LogP contribution in [-0.4, -0.2) is 68.4 Å². The number of ether oxygens (including phenoxy) is 2. The molecule has 1 saturated carbocycles. The standard InChI is InChI=1S/C26H28Cl2N6O4/c1-13-7-8-29-18(14-5-6-14)19(13)34-23-16-20(17(27)21(28)30-23)37-12-15-11-32(25(36)38-26(2,3)4)9-10-33(15)22(16)31-24(34)35/h7-8,14-15H,5-6,9-12H2,1-4H3/t15-/m1/s1. The first-order chi connectivity index (χ1) is 18.0. The summed E-state index contributed by atoms with van der Waals surface area (Å²) in [6, 6.07) is 1.58. The van der Waals surface area contributed by atoms with Gasteiger partial charge < -0.3 is 19.3 Å². The van der Waals surface area contributed by atoms with E-state index in [4.69, 9.17) is 32.7 Å². The van der Waals surface area contributed by atoms with Crippen LogP contribution in [0.3, 0.4) is 0 Å². The van der Waals surface area contributed by atoms with Crippen molar-refractivity contribution in [2.45, 2.75) is 58.1 Å². The van der Waals surface area contributed by atoms with Gasteiger partial charge in [0, 0.05) is 31.7 Å². The molecule has 1 aliphatic carbocycles. The fraction of sp³-hybridized carbons (Fsp3) is 0.500. The van der Waals surface area contributed by atoms with Crippen LogP contribution in [-0.2, 0) is 4.74 Å². The third-order valence-corrected chi connectivity index (χ3v) is 7.75. The second-order valence-corrected chi connectivity index (χ2v) is 11.8.